The molecular formula is C38H41F2N5O5S. The molecule has 1 N–H and O–H groups in total. The van der Waals surface area contributed by atoms with Gasteiger partial charge in [0.05, 0.1) is 35.7 Å². The highest BCUT2D eigenvalue weighted by Crippen LogP contribution is 2.48. The van der Waals surface area contributed by atoms with Gasteiger partial charge in [0.1, 0.15) is 28.6 Å². The second kappa shape index (κ2) is 13.5. The van der Waals surface area contributed by atoms with Crippen molar-refractivity contribution in [1.82, 2.24) is 19.9 Å². The summed E-state index contributed by atoms with van der Waals surface area (Å²) in [5.74, 6) is 2.17. The molecule has 0 amide bonds. The molecule has 268 valence electrons. The number of halogens is 2. The largest absolute Gasteiger partial charge is 0.508 e. The number of hydrogen-bond acceptors (Lipinski definition) is 10. The Morgan fingerprint density at radius 2 is 1.92 bits per heavy atom. The number of ether oxygens (including phenoxy) is 2. The van der Waals surface area contributed by atoms with Crippen molar-refractivity contribution in [2.45, 2.75) is 51.0 Å². The van der Waals surface area contributed by atoms with E-state index >= 15 is 4.39 Å². The molecule has 2 aromatic heterocycles. The van der Waals surface area contributed by atoms with E-state index < -0.39 is 21.5 Å². The molecular weight excluding hydrogens is 677 g/mol. The first-order chi connectivity index (χ1) is 24.6. The number of hydrogen-bond donors (Lipinski definition) is 1. The van der Waals surface area contributed by atoms with Gasteiger partial charge in [0.25, 0.3) is 0 Å². The van der Waals surface area contributed by atoms with Crippen LogP contribution in [0.15, 0.2) is 30.5 Å². The Morgan fingerprint density at radius 1 is 1.08 bits per heavy atom. The predicted octanol–water partition coefficient (Wildman–Crippen LogP) is 5.49. The zero-order valence-corrected chi connectivity index (χ0v) is 29.2. The maximum atomic E-state index is 16.9. The highest BCUT2D eigenvalue weighted by Gasteiger charge is 2.49. The zero-order chi connectivity index (χ0) is 35.3. The number of piperidine rings is 1. The SMILES string of the molecule is C#Cc1c(F)ccc2cc(O)cc(-c3ncc4c(N5CCCOCC5)nc(OC[C@]56CCC[C@H]5N(CCC5CS(=O)(=O)C5)CCC6)nc4c3F)c12. The summed E-state index contributed by atoms with van der Waals surface area (Å²) in [4.78, 5) is 18.6. The van der Waals surface area contributed by atoms with Crippen molar-refractivity contribution < 1.29 is 31.8 Å². The number of pyridine rings is 1. The number of aromatic nitrogens is 3. The predicted molar refractivity (Wildman–Crippen MR) is 191 cm³/mol. The Bertz CT molecular complexity index is 2140. The van der Waals surface area contributed by atoms with Crippen LogP contribution in [0.1, 0.15) is 50.5 Å². The van der Waals surface area contributed by atoms with E-state index in [0.717, 1.165) is 58.0 Å². The van der Waals surface area contributed by atoms with Crippen LogP contribution in [0, 0.1) is 35.3 Å². The molecule has 3 aliphatic heterocycles. The lowest BCUT2D eigenvalue weighted by Gasteiger charge is -2.46. The summed E-state index contributed by atoms with van der Waals surface area (Å²) in [6.45, 7) is 4.50. The number of nitrogens with zero attached hydrogens (tertiary/aromatic N) is 5. The van der Waals surface area contributed by atoms with Crippen LogP contribution in [0.5, 0.6) is 11.8 Å². The topological polar surface area (TPSA) is 118 Å². The van der Waals surface area contributed by atoms with Gasteiger partial charge in [-0.1, -0.05) is 18.4 Å². The number of terminal acetylenes is 1. The minimum absolute atomic E-state index is 0.00140. The van der Waals surface area contributed by atoms with E-state index in [9.17, 15) is 17.9 Å². The fourth-order valence-corrected chi connectivity index (χ4v) is 10.6. The van der Waals surface area contributed by atoms with Crippen molar-refractivity contribution in [2.24, 2.45) is 11.3 Å². The summed E-state index contributed by atoms with van der Waals surface area (Å²) >= 11 is 0. The number of phenolic OH excluding ortho intramolecular Hbond substituents is 1. The monoisotopic (exact) mass is 717 g/mol. The first-order valence-electron chi connectivity index (χ1n) is 17.8. The third-order valence-corrected chi connectivity index (χ3v) is 13.3. The van der Waals surface area contributed by atoms with Gasteiger partial charge in [-0.3, -0.25) is 9.88 Å². The molecule has 4 fully saturated rings. The zero-order valence-electron chi connectivity index (χ0n) is 28.4. The first kappa shape index (κ1) is 34.0. The Labute approximate surface area is 296 Å². The number of phenols is 1. The maximum absolute atomic E-state index is 16.9. The molecule has 1 aliphatic carbocycles. The quantitative estimate of drug-likeness (QED) is 0.235. The molecule has 2 aromatic carbocycles. The number of sulfone groups is 1. The Morgan fingerprint density at radius 3 is 2.75 bits per heavy atom. The van der Waals surface area contributed by atoms with E-state index in [2.05, 4.69) is 20.8 Å². The number of likely N-dealkylation sites (tertiary alicyclic amines) is 1. The minimum Gasteiger partial charge on any atom is -0.508 e. The minimum atomic E-state index is -2.85. The first-order valence-corrected chi connectivity index (χ1v) is 19.7. The Hall–Kier alpha value is -4.12. The van der Waals surface area contributed by atoms with Crippen molar-refractivity contribution in [2.75, 3.05) is 62.4 Å². The fraction of sp³-hybridized carbons (Fsp3) is 0.500. The van der Waals surface area contributed by atoms with Gasteiger partial charge in [0, 0.05) is 48.3 Å². The van der Waals surface area contributed by atoms with Gasteiger partial charge in [-0.2, -0.15) is 9.97 Å². The molecule has 51 heavy (non-hydrogen) atoms. The molecule has 10 nitrogen and oxygen atoms in total. The van der Waals surface area contributed by atoms with Crippen molar-refractivity contribution in [1.29, 1.82) is 0 Å². The average molecular weight is 718 g/mol. The van der Waals surface area contributed by atoms with E-state index in [1.165, 1.54) is 30.5 Å². The molecule has 2 atom stereocenters. The van der Waals surface area contributed by atoms with Crippen LogP contribution in [0.2, 0.25) is 0 Å². The summed E-state index contributed by atoms with van der Waals surface area (Å²) in [6, 6.07) is 5.87. The number of fused-ring (bicyclic) bond motifs is 3. The highest BCUT2D eigenvalue weighted by atomic mass is 32.2. The molecule has 13 heteroatoms. The van der Waals surface area contributed by atoms with E-state index in [-0.39, 0.29) is 50.8 Å². The van der Waals surface area contributed by atoms with E-state index in [1.807, 2.05) is 4.90 Å². The van der Waals surface area contributed by atoms with Gasteiger partial charge >= 0.3 is 6.01 Å². The average Bonchev–Trinajstić information content (AvgIpc) is 3.35. The number of anilines is 1. The number of rotatable bonds is 8. The molecule has 0 spiro atoms. The molecule has 5 heterocycles. The second-order valence-electron chi connectivity index (χ2n) is 14.6. The lowest BCUT2D eigenvalue weighted by atomic mass is 9.75. The Kier molecular flexibility index (Phi) is 8.97. The molecule has 4 aliphatic rings. The summed E-state index contributed by atoms with van der Waals surface area (Å²) in [6.07, 6.45) is 14.0. The van der Waals surface area contributed by atoms with Crippen molar-refractivity contribution in [3.05, 3.63) is 47.7 Å². The Balaban J connectivity index is 1.16. The maximum Gasteiger partial charge on any atom is 0.319 e. The van der Waals surface area contributed by atoms with E-state index in [4.69, 9.17) is 20.9 Å². The highest BCUT2D eigenvalue weighted by molar-refractivity contribution is 7.92. The van der Waals surface area contributed by atoms with E-state index in [0.29, 0.717) is 67.0 Å². The molecule has 0 radical (unpaired) electrons. The van der Waals surface area contributed by atoms with Crippen LogP contribution in [-0.2, 0) is 14.6 Å². The van der Waals surface area contributed by atoms with Crippen LogP contribution >= 0.6 is 0 Å². The second-order valence-corrected chi connectivity index (χ2v) is 16.7. The molecule has 0 bridgehead atoms. The van der Waals surface area contributed by atoms with Crippen molar-refractivity contribution in [3.63, 3.8) is 0 Å². The molecule has 3 saturated heterocycles. The van der Waals surface area contributed by atoms with E-state index in [1.54, 1.807) is 0 Å². The molecule has 1 saturated carbocycles. The van der Waals surface area contributed by atoms with Crippen LogP contribution < -0.4 is 9.64 Å². The lowest BCUT2D eigenvalue weighted by molar-refractivity contribution is -0.00218. The summed E-state index contributed by atoms with van der Waals surface area (Å²) < 4.78 is 67.5. The molecule has 4 aromatic rings. The normalized spacial score (nSPS) is 23.9. The van der Waals surface area contributed by atoms with Gasteiger partial charge in [-0.25, -0.2) is 17.2 Å². The van der Waals surface area contributed by atoms with Gasteiger partial charge < -0.3 is 19.5 Å². The summed E-state index contributed by atoms with van der Waals surface area (Å²) in [5.41, 5.74) is -0.141. The standard InChI is InChI=1S/C38H41F2N5O5S/c1-2-27-30(39)8-7-25-18-26(46)19-28(32(25)27)34-33(40)35-29(20-41-34)36(45-13-5-16-49-17-15-45)43-37(42-35)50-23-38-10-3-6-31(38)44(12-4-11-38)14-9-24-21-51(47,48)22-24/h1,7-8,18-20,24,31,46H,3-6,9-17,21-23H2/t31-,38-/m1/s1. The smallest absolute Gasteiger partial charge is 0.319 e. The molecule has 0 unspecified atom stereocenters. The summed E-state index contributed by atoms with van der Waals surface area (Å²) in [5, 5.41) is 11.7. The van der Waals surface area contributed by atoms with Crippen LogP contribution in [0.3, 0.4) is 0 Å². The number of aromatic hydroxyl groups is 1. The van der Waals surface area contributed by atoms with Gasteiger partial charge in [0.15, 0.2) is 15.7 Å². The summed E-state index contributed by atoms with van der Waals surface area (Å²) in [7, 11) is -2.85. The van der Waals surface area contributed by atoms with Crippen LogP contribution in [0.25, 0.3) is 32.9 Å². The van der Waals surface area contributed by atoms with Crippen LogP contribution in [0.4, 0.5) is 14.6 Å². The fourth-order valence-electron chi connectivity index (χ4n) is 8.90. The lowest BCUT2D eigenvalue weighted by Crippen LogP contribution is -2.53. The van der Waals surface area contributed by atoms with Gasteiger partial charge in [-0.15, -0.1) is 6.42 Å². The van der Waals surface area contributed by atoms with Gasteiger partial charge in [0.2, 0.25) is 0 Å². The van der Waals surface area contributed by atoms with Crippen molar-refractivity contribution in [3.8, 4) is 35.4 Å². The van der Waals surface area contributed by atoms with Gasteiger partial charge in [-0.05, 0) is 81.1 Å². The third-order valence-electron chi connectivity index (χ3n) is 11.3. The molecule has 8 rings (SSSR count). The van der Waals surface area contributed by atoms with Crippen molar-refractivity contribution >= 4 is 37.3 Å². The third kappa shape index (κ3) is 6.36. The number of benzene rings is 2. The van der Waals surface area contributed by atoms with Crippen LogP contribution in [-0.4, -0.2) is 96.9 Å².